The highest BCUT2D eigenvalue weighted by Crippen LogP contribution is 2.29. The molecule has 3 aromatic rings. The van der Waals surface area contributed by atoms with Gasteiger partial charge in [-0.3, -0.25) is 9.78 Å². The third-order valence-corrected chi connectivity index (χ3v) is 5.82. The van der Waals surface area contributed by atoms with Crippen molar-refractivity contribution in [1.29, 1.82) is 0 Å². The molecule has 3 heterocycles. The Labute approximate surface area is 198 Å². The number of hydrogen-bond acceptors (Lipinski definition) is 7. The molecule has 0 aliphatic carbocycles. The van der Waals surface area contributed by atoms with E-state index in [1.165, 1.54) is 24.4 Å². The Morgan fingerprint density at radius 1 is 1.26 bits per heavy atom. The maximum atomic E-state index is 14.1. The second kappa shape index (κ2) is 10.9. The summed E-state index contributed by atoms with van der Waals surface area (Å²) in [6, 6.07) is 5.24. The van der Waals surface area contributed by atoms with Crippen molar-refractivity contribution in [2.24, 2.45) is 5.92 Å². The lowest BCUT2D eigenvalue weighted by Crippen LogP contribution is -2.36. The molecule has 1 unspecified atom stereocenters. The Morgan fingerprint density at radius 3 is 2.83 bits per heavy atom. The highest BCUT2D eigenvalue weighted by molar-refractivity contribution is 5.98. The van der Waals surface area contributed by atoms with Gasteiger partial charge in [-0.2, -0.15) is 13.2 Å². The zero-order chi connectivity index (χ0) is 24.9. The predicted octanol–water partition coefficient (Wildman–Crippen LogP) is 5.36. The number of benzene rings is 1. The van der Waals surface area contributed by atoms with E-state index in [1.807, 2.05) is 6.92 Å². The van der Waals surface area contributed by atoms with E-state index in [0.29, 0.717) is 43.7 Å². The first-order valence-corrected chi connectivity index (χ1v) is 11.2. The number of ketones is 1. The first-order chi connectivity index (χ1) is 16.9. The van der Waals surface area contributed by atoms with E-state index in [9.17, 15) is 22.4 Å². The standard InChI is InChI=1S/C24H23F4N3O4/c1-2-17-15(10-14(11-29-17)23-30-31-24(35-23)22(27)28)18(32)7-6-13-12-33-9-8-19(13)34-20-5-3-4-16(25)21(20)26/h3-5,10-11,13,19,22H,2,6-9,12H2,1H3/t13?,19-/m1/s1. The number of aromatic nitrogens is 3. The van der Waals surface area contributed by atoms with Gasteiger partial charge < -0.3 is 13.9 Å². The van der Waals surface area contributed by atoms with E-state index in [1.54, 1.807) is 0 Å². The van der Waals surface area contributed by atoms with Crippen LogP contribution in [0.5, 0.6) is 5.75 Å². The molecule has 186 valence electrons. The van der Waals surface area contributed by atoms with E-state index in [4.69, 9.17) is 13.9 Å². The minimum absolute atomic E-state index is 0.115. The second-order valence-corrected chi connectivity index (χ2v) is 8.11. The number of ether oxygens (including phenoxy) is 2. The molecule has 2 atom stereocenters. The third kappa shape index (κ3) is 5.67. The van der Waals surface area contributed by atoms with Crippen molar-refractivity contribution in [2.75, 3.05) is 13.2 Å². The number of alkyl halides is 2. The van der Waals surface area contributed by atoms with Crippen molar-refractivity contribution in [3.63, 3.8) is 0 Å². The molecule has 1 aromatic carbocycles. The summed E-state index contributed by atoms with van der Waals surface area (Å²) in [5, 5.41) is 6.91. The number of pyridine rings is 1. The molecule has 2 aromatic heterocycles. The average molecular weight is 493 g/mol. The Hall–Kier alpha value is -3.34. The van der Waals surface area contributed by atoms with Crippen molar-refractivity contribution in [2.45, 2.75) is 45.1 Å². The number of halogens is 4. The first kappa shape index (κ1) is 24.8. The lowest BCUT2D eigenvalue weighted by Gasteiger charge is -2.32. The van der Waals surface area contributed by atoms with Gasteiger partial charge in [0.2, 0.25) is 11.7 Å². The molecule has 0 radical (unpaired) electrons. The van der Waals surface area contributed by atoms with Crippen LogP contribution in [-0.4, -0.2) is 40.3 Å². The Kier molecular flexibility index (Phi) is 7.74. The Bertz CT molecular complexity index is 1190. The molecule has 4 rings (SSSR count). The highest BCUT2D eigenvalue weighted by atomic mass is 19.3. The lowest BCUT2D eigenvalue weighted by atomic mass is 9.90. The van der Waals surface area contributed by atoms with Crippen molar-refractivity contribution < 1.29 is 36.2 Å². The van der Waals surface area contributed by atoms with E-state index in [-0.39, 0.29) is 35.3 Å². The molecular weight excluding hydrogens is 470 g/mol. The molecule has 0 amide bonds. The van der Waals surface area contributed by atoms with Crippen LogP contribution < -0.4 is 4.74 Å². The quantitative estimate of drug-likeness (QED) is 0.293. The van der Waals surface area contributed by atoms with Gasteiger partial charge in [0.1, 0.15) is 6.10 Å². The molecule has 1 saturated heterocycles. The zero-order valence-electron chi connectivity index (χ0n) is 18.8. The van der Waals surface area contributed by atoms with Gasteiger partial charge >= 0.3 is 6.43 Å². The van der Waals surface area contributed by atoms with Gasteiger partial charge in [0.25, 0.3) is 5.89 Å². The monoisotopic (exact) mass is 493 g/mol. The molecule has 0 saturated carbocycles. The van der Waals surface area contributed by atoms with Crippen LogP contribution in [-0.2, 0) is 11.2 Å². The molecule has 0 spiro atoms. The summed E-state index contributed by atoms with van der Waals surface area (Å²) >= 11 is 0. The lowest BCUT2D eigenvalue weighted by molar-refractivity contribution is -0.0278. The summed E-state index contributed by atoms with van der Waals surface area (Å²) in [6.07, 6.45) is -0.526. The largest absolute Gasteiger partial charge is 0.487 e. The summed E-state index contributed by atoms with van der Waals surface area (Å²) in [5.41, 5.74) is 1.13. The molecule has 1 fully saturated rings. The van der Waals surface area contributed by atoms with Crippen molar-refractivity contribution in [3.8, 4) is 17.2 Å². The summed E-state index contributed by atoms with van der Waals surface area (Å²) in [7, 11) is 0. The third-order valence-electron chi connectivity index (χ3n) is 5.82. The Morgan fingerprint density at radius 2 is 2.09 bits per heavy atom. The number of hydrogen-bond donors (Lipinski definition) is 0. The number of rotatable bonds is 9. The van der Waals surface area contributed by atoms with Gasteiger partial charge in [0.05, 0.1) is 24.5 Å². The fraction of sp³-hybridized carbons (Fsp3) is 0.417. The summed E-state index contributed by atoms with van der Waals surface area (Å²) in [5.74, 6) is -3.64. The summed E-state index contributed by atoms with van der Waals surface area (Å²) in [4.78, 5) is 17.4. The maximum Gasteiger partial charge on any atom is 0.314 e. The fourth-order valence-electron chi connectivity index (χ4n) is 3.96. The fourth-order valence-corrected chi connectivity index (χ4v) is 3.96. The van der Waals surface area contributed by atoms with E-state index in [0.717, 1.165) is 6.07 Å². The van der Waals surface area contributed by atoms with Crippen LogP contribution in [0.15, 0.2) is 34.9 Å². The normalized spacial score (nSPS) is 18.1. The minimum Gasteiger partial charge on any atom is -0.487 e. The van der Waals surface area contributed by atoms with Crippen LogP contribution in [0.3, 0.4) is 0 Å². The predicted molar refractivity (Wildman–Crippen MR) is 115 cm³/mol. The molecule has 1 aliphatic heterocycles. The summed E-state index contributed by atoms with van der Waals surface area (Å²) < 4.78 is 69.4. The van der Waals surface area contributed by atoms with Crippen LogP contribution in [0.1, 0.15) is 54.6 Å². The SMILES string of the molecule is CCc1ncc(-c2nnc(C(F)F)o2)cc1C(=O)CCC1COCC[C@H]1Oc1cccc(F)c1F. The van der Waals surface area contributed by atoms with E-state index in [2.05, 4.69) is 15.2 Å². The van der Waals surface area contributed by atoms with Crippen LogP contribution in [0.4, 0.5) is 17.6 Å². The van der Waals surface area contributed by atoms with Crippen molar-refractivity contribution in [1.82, 2.24) is 15.2 Å². The Balaban J connectivity index is 1.47. The van der Waals surface area contributed by atoms with Gasteiger partial charge in [0.15, 0.2) is 17.3 Å². The van der Waals surface area contributed by atoms with Crippen LogP contribution in [0.2, 0.25) is 0 Å². The second-order valence-electron chi connectivity index (χ2n) is 8.11. The van der Waals surface area contributed by atoms with Gasteiger partial charge in [-0.15, -0.1) is 10.2 Å². The number of carbonyl (C=O) groups is 1. The number of Topliss-reactive ketones (excluding diaryl/α,β-unsaturated/α-hetero) is 1. The average Bonchev–Trinajstić information content (AvgIpc) is 3.36. The van der Waals surface area contributed by atoms with Crippen LogP contribution in [0.25, 0.3) is 11.5 Å². The van der Waals surface area contributed by atoms with Gasteiger partial charge in [-0.05, 0) is 31.0 Å². The molecule has 0 N–H and O–H groups in total. The highest BCUT2D eigenvalue weighted by Gasteiger charge is 2.30. The van der Waals surface area contributed by atoms with Crippen LogP contribution in [0, 0.1) is 17.6 Å². The topological polar surface area (TPSA) is 87.3 Å². The van der Waals surface area contributed by atoms with Crippen LogP contribution >= 0.6 is 0 Å². The molecule has 35 heavy (non-hydrogen) atoms. The zero-order valence-corrected chi connectivity index (χ0v) is 18.8. The number of nitrogens with zero attached hydrogens (tertiary/aromatic N) is 3. The molecule has 7 nitrogen and oxygen atoms in total. The molecular formula is C24H23F4N3O4. The molecule has 1 aliphatic rings. The van der Waals surface area contributed by atoms with Gasteiger partial charge in [-0.25, -0.2) is 4.39 Å². The van der Waals surface area contributed by atoms with Crippen molar-refractivity contribution in [3.05, 3.63) is 59.2 Å². The van der Waals surface area contributed by atoms with E-state index >= 15 is 0 Å². The molecule has 11 heteroatoms. The number of carbonyl (C=O) groups excluding carboxylic acids is 1. The van der Waals surface area contributed by atoms with Crippen molar-refractivity contribution >= 4 is 5.78 Å². The smallest absolute Gasteiger partial charge is 0.314 e. The molecule has 0 bridgehead atoms. The minimum atomic E-state index is -2.91. The van der Waals surface area contributed by atoms with Gasteiger partial charge in [-0.1, -0.05) is 13.0 Å². The maximum absolute atomic E-state index is 14.1. The summed E-state index contributed by atoms with van der Waals surface area (Å²) in [6.45, 7) is 2.56. The first-order valence-electron chi connectivity index (χ1n) is 11.2. The van der Waals surface area contributed by atoms with Gasteiger partial charge in [0, 0.05) is 30.5 Å². The van der Waals surface area contributed by atoms with E-state index < -0.39 is 30.1 Å². The number of aryl methyl sites for hydroxylation is 1.